The van der Waals surface area contributed by atoms with Crippen LogP contribution in [-0.4, -0.2) is 11.3 Å². The Balaban J connectivity index is 1.19. The molecule has 0 saturated heterocycles. The Hall–Kier alpha value is -6.78. The summed E-state index contributed by atoms with van der Waals surface area (Å²) in [7, 11) is 0. The van der Waals surface area contributed by atoms with E-state index in [-0.39, 0.29) is 17.5 Å². The molecule has 0 atom stereocenters. The Morgan fingerprint density at radius 3 is 1.53 bits per heavy atom. The highest BCUT2D eigenvalue weighted by molar-refractivity contribution is 7.00. The highest BCUT2D eigenvalue weighted by Crippen LogP contribution is 2.46. The minimum Gasteiger partial charge on any atom is -0.311 e. The van der Waals surface area contributed by atoms with Crippen molar-refractivity contribution in [3.63, 3.8) is 0 Å². The molecule has 0 saturated carbocycles. The molecule has 8 aromatic carbocycles. The predicted molar refractivity (Wildman–Crippen MR) is 258 cm³/mol. The molecule has 0 amide bonds. The molecular weight excluding hydrogens is 725 g/mol. The maximum atomic E-state index is 2.54. The van der Waals surface area contributed by atoms with Crippen LogP contribution in [0.15, 0.2) is 182 Å². The highest BCUT2D eigenvalue weighted by atomic mass is 15.2. The standard InChI is InChI=1S/C56H48BN3/c1-55(2,3)39-18-14-19-42(34-39)60-51-25-15-24-50-54(51)57(46-32-28-40(35-52(46)60)56(4,5)6)47-33-31-43(59-48-22-12-10-20-44(48)45-21-11-13-23-49(45)59)36-53(47)58(50)41-29-26-38(27-30-41)37-16-8-7-9-17-37/h7-36H,1-6H3. The number of fused-ring (bicyclic) bond motifs is 7. The van der Waals surface area contributed by atoms with Crippen molar-refractivity contribution in [2.24, 2.45) is 0 Å². The van der Waals surface area contributed by atoms with E-state index in [9.17, 15) is 0 Å². The molecule has 0 unspecified atom stereocenters. The minimum absolute atomic E-state index is 0.0102. The molecule has 2 aliphatic heterocycles. The van der Waals surface area contributed by atoms with Gasteiger partial charge >= 0.3 is 0 Å². The van der Waals surface area contributed by atoms with E-state index in [1.807, 2.05) is 0 Å². The summed E-state index contributed by atoms with van der Waals surface area (Å²) < 4.78 is 2.45. The van der Waals surface area contributed by atoms with Crippen LogP contribution >= 0.6 is 0 Å². The van der Waals surface area contributed by atoms with E-state index in [0.717, 1.165) is 11.4 Å². The van der Waals surface area contributed by atoms with Gasteiger partial charge in [-0.2, -0.15) is 0 Å². The van der Waals surface area contributed by atoms with Gasteiger partial charge in [0.15, 0.2) is 0 Å². The van der Waals surface area contributed by atoms with Gasteiger partial charge in [0.2, 0.25) is 0 Å². The zero-order chi connectivity index (χ0) is 40.9. The number of benzene rings is 8. The van der Waals surface area contributed by atoms with Crippen LogP contribution in [0.1, 0.15) is 52.7 Å². The first kappa shape index (κ1) is 36.3. The van der Waals surface area contributed by atoms with Crippen molar-refractivity contribution in [2.75, 3.05) is 9.80 Å². The fourth-order valence-corrected chi connectivity index (χ4v) is 9.82. The molecule has 60 heavy (non-hydrogen) atoms. The molecule has 0 radical (unpaired) electrons. The average molecular weight is 774 g/mol. The zero-order valence-electron chi connectivity index (χ0n) is 35.2. The Bertz CT molecular complexity index is 3070. The lowest BCUT2D eigenvalue weighted by Crippen LogP contribution is -2.61. The van der Waals surface area contributed by atoms with E-state index in [1.54, 1.807) is 0 Å². The molecule has 4 heteroatoms. The van der Waals surface area contributed by atoms with E-state index in [4.69, 9.17) is 0 Å². The molecule has 1 aromatic heterocycles. The number of rotatable bonds is 4. The quantitative estimate of drug-likeness (QED) is 0.165. The first-order valence-corrected chi connectivity index (χ1v) is 21.3. The summed E-state index contributed by atoms with van der Waals surface area (Å²) in [4.78, 5) is 5.07. The predicted octanol–water partition coefficient (Wildman–Crippen LogP) is 13.1. The normalized spacial score (nSPS) is 13.4. The van der Waals surface area contributed by atoms with E-state index >= 15 is 0 Å². The molecule has 0 aliphatic carbocycles. The van der Waals surface area contributed by atoms with E-state index in [2.05, 4.69) is 238 Å². The van der Waals surface area contributed by atoms with Gasteiger partial charge in [0, 0.05) is 50.6 Å². The van der Waals surface area contributed by atoms with Crippen molar-refractivity contribution in [1.29, 1.82) is 0 Å². The van der Waals surface area contributed by atoms with Crippen LogP contribution < -0.4 is 26.2 Å². The Morgan fingerprint density at radius 1 is 0.367 bits per heavy atom. The molecule has 0 spiro atoms. The number of nitrogens with zero attached hydrogens (tertiary/aromatic N) is 3. The van der Waals surface area contributed by atoms with Crippen molar-refractivity contribution in [3.8, 4) is 16.8 Å². The fraction of sp³-hybridized carbons (Fsp3) is 0.143. The molecule has 0 bridgehead atoms. The molecule has 0 fully saturated rings. The van der Waals surface area contributed by atoms with Crippen molar-refractivity contribution >= 4 is 79.0 Å². The maximum Gasteiger partial charge on any atom is 0.252 e. The van der Waals surface area contributed by atoms with Gasteiger partial charge in [-0.05, 0) is 116 Å². The Kier molecular flexibility index (Phi) is 8.09. The van der Waals surface area contributed by atoms with Crippen LogP contribution in [-0.2, 0) is 10.8 Å². The second-order valence-electron chi connectivity index (χ2n) is 18.7. The van der Waals surface area contributed by atoms with Crippen LogP contribution in [0.2, 0.25) is 0 Å². The lowest BCUT2D eigenvalue weighted by Gasteiger charge is -2.44. The average Bonchev–Trinajstić information content (AvgIpc) is 3.60. The first-order valence-electron chi connectivity index (χ1n) is 21.3. The van der Waals surface area contributed by atoms with Gasteiger partial charge in [-0.3, -0.25) is 0 Å². The number of anilines is 6. The summed E-state index contributed by atoms with van der Waals surface area (Å²) in [6.45, 7) is 13.9. The number of para-hydroxylation sites is 2. The first-order chi connectivity index (χ1) is 29.0. The molecule has 290 valence electrons. The van der Waals surface area contributed by atoms with Crippen molar-refractivity contribution < 1.29 is 0 Å². The highest BCUT2D eigenvalue weighted by Gasteiger charge is 2.43. The van der Waals surface area contributed by atoms with Crippen LogP contribution in [0.4, 0.5) is 34.1 Å². The van der Waals surface area contributed by atoms with Gasteiger partial charge in [-0.25, -0.2) is 0 Å². The largest absolute Gasteiger partial charge is 0.311 e. The van der Waals surface area contributed by atoms with Gasteiger partial charge in [0.25, 0.3) is 6.71 Å². The lowest BCUT2D eigenvalue weighted by molar-refractivity contribution is 0.590. The summed E-state index contributed by atoms with van der Waals surface area (Å²) >= 11 is 0. The van der Waals surface area contributed by atoms with E-state index in [0.29, 0.717) is 0 Å². The van der Waals surface area contributed by atoms with Gasteiger partial charge in [-0.1, -0.05) is 157 Å². The third-order valence-electron chi connectivity index (χ3n) is 12.9. The third kappa shape index (κ3) is 5.65. The van der Waals surface area contributed by atoms with E-state index < -0.39 is 0 Å². The summed E-state index contributed by atoms with van der Waals surface area (Å²) in [5.74, 6) is 0. The molecule has 2 aliphatic rings. The van der Waals surface area contributed by atoms with Gasteiger partial charge in [0.05, 0.1) is 11.0 Å². The zero-order valence-corrected chi connectivity index (χ0v) is 35.2. The number of aromatic nitrogens is 1. The molecule has 0 N–H and O–H groups in total. The van der Waals surface area contributed by atoms with Crippen molar-refractivity contribution in [2.45, 2.75) is 52.4 Å². The number of hydrogen-bond acceptors (Lipinski definition) is 2. The van der Waals surface area contributed by atoms with Crippen molar-refractivity contribution in [3.05, 3.63) is 193 Å². The molecule has 11 rings (SSSR count). The van der Waals surface area contributed by atoms with Crippen LogP contribution in [0.5, 0.6) is 0 Å². The minimum atomic E-state index is -0.0134. The lowest BCUT2D eigenvalue weighted by atomic mass is 9.33. The smallest absolute Gasteiger partial charge is 0.252 e. The molecular formula is C56H48BN3. The monoisotopic (exact) mass is 773 g/mol. The summed E-state index contributed by atoms with van der Waals surface area (Å²) in [5.41, 5.74) is 19.8. The molecule has 9 aromatic rings. The van der Waals surface area contributed by atoms with Gasteiger partial charge < -0.3 is 14.4 Å². The second-order valence-corrected chi connectivity index (χ2v) is 18.7. The summed E-state index contributed by atoms with van der Waals surface area (Å²) in [6.07, 6.45) is 0. The maximum absolute atomic E-state index is 2.54. The summed E-state index contributed by atoms with van der Waals surface area (Å²) in [5, 5.41) is 2.53. The topological polar surface area (TPSA) is 11.4 Å². The van der Waals surface area contributed by atoms with Crippen LogP contribution in [0.25, 0.3) is 38.6 Å². The van der Waals surface area contributed by atoms with Crippen LogP contribution in [0, 0.1) is 0 Å². The molecule has 3 heterocycles. The third-order valence-corrected chi connectivity index (χ3v) is 12.9. The Labute approximate surface area is 354 Å². The molecule has 3 nitrogen and oxygen atoms in total. The fourth-order valence-electron chi connectivity index (χ4n) is 9.82. The van der Waals surface area contributed by atoms with Gasteiger partial charge in [-0.15, -0.1) is 0 Å². The number of hydrogen-bond donors (Lipinski definition) is 0. The van der Waals surface area contributed by atoms with E-state index in [1.165, 1.54) is 88.9 Å². The van der Waals surface area contributed by atoms with Gasteiger partial charge in [0.1, 0.15) is 0 Å². The SMILES string of the molecule is CC(C)(C)c1cccc(N2c3cc(C(C)(C)C)ccc3B3c4ccc(-n5c6ccccc6c6ccccc65)cc4N(c4ccc(-c5ccccc5)cc4)c4cccc2c43)c1. The second kappa shape index (κ2) is 13.4. The van der Waals surface area contributed by atoms with Crippen molar-refractivity contribution in [1.82, 2.24) is 4.57 Å². The van der Waals surface area contributed by atoms with Crippen LogP contribution in [0.3, 0.4) is 0 Å². The summed E-state index contributed by atoms with van der Waals surface area (Å²) in [6, 6.07) is 68.1. The Morgan fingerprint density at radius 2 is 0.883 bits per heavy atom.